The summed E-state index contributed by atoms with van der Waals surface area (Å²) in [5.74, 6) is 1.89. The van der Waals surface area contributed by atoms with Crippen LogP contribution in [0.4, 0.5) is 0 Å². The molecule has 1 aliphatic heterocycles. The summed E-state index contributed by atoms with van der Waals surface area (Å²) in [5, 5.41) is 3.42. The molecule has 2 rings (SSSR count). The topological polar surface area (TPSA) is 37.6 Å². The second-order valence-electron chi connectivity index (χ2n) is 6.93. The Kier molecular flexibility index (Phi) is 6.27. The third-order valence-corrected chi connectivity index (χ3v) is 3.76. The maximum atomic E-state index is 5.77. The molecule has 0 radical (unpaired) electrons. The van der Waals surface area contributed by atoms with Gasteiger partial charge in [0.25, 0.3) is 0 Å². The van der Waals surface area contributed by atoms with Crippen LogP contribution in [-0.2, 0) is 17.9 Å². The molecule has 0 unspecified atom stereocenters. The van der Waals surface area contributed by atoms with E-state index in [0.29, 0.717) is 6.61 Å². The van der Waals surface area contributed by atoms with Crippen LogP contribution >= 0.6 is 0 Å². The lowest BCUT2D eigenvalue weighted by atomic mass is 10.1. The molecule has 1 aliphatic rings. The Labute approximate surface area is 128 Å². The monoisotopic (exact) mass is 294 g/mol. The lowest BCUT2D eigenvalue weighted by Crippen LogP contribution is -2.34. The summed E-state index contributed by atoms with van der Waals surface area (Å²) in [6, 6.07) is 4.04. The first kappa shape index (κ1) is 16.5. The maximum absolute atomic E-state index is 5.77. The molecule has 0 aliphatic carbocycles. The van der Waals surface area contributed by atoms with Gasteiger partial charge in [0.2, 0.25) is 0 Å². The Bertz CT molecular complexity index is 403. The highest BCUT2D eigenvalue weighted by molar-refractivity contribution is 5.06. The van der Waals surface area contributed by atoms with Gasteiger partial charge < -0.3 is 19.4 Å². The van der Waals surface area contributed by atoms with Gasteiger partial charge in [0, 0.05) is 12.1 Å². The van der Waals surface area contributed by atoms with Gasteiger partial charge in [0.1, 0.15) is 18.1 Å². The summed E-state index contributed by atoms with van der Waals surface area (Å²) in [5.41, 5.74) is 0.109. The standard InChI is InChI=1S/C17H30N2O2/c1-17(2,3)18-13-15-7-8-16(21-15)14-20-12-11-19-9-5-4-6-10-19/h7-8,18H,4-6,9-14H2,1-3H3. The molecule has 1 fully saturated rings. The second kappa shape index (κ2) is 7.97. The first-order valence-corrected chi connectivity index (χ1v) is 8.16. The molecule has 4 heteroatoms. The average molecular weight is 294 g/mol. The van der Waals surface area contributed by atoms with E-state index in [-0.39, 0.29) is 5.54 Å². The Balaban J connectivity index is 1.61. The molecule has 1 aromatic heterocycles. The molecule has 2 heterocycles. The van der Waals surface area contributed by atoms with Crippen LogP contribution in [0.2, 0.25) is 0 Å². The van der Waals surface area contributed by atoms with Crippen molar-refractivity contribution >= 4 is 0 Å². The highest BCUT2D eigenvalue weighted by Crippen LogP contribution is 2.11. The molecule has 1 saturated heterocycles. The first-order chi connectivity index (χ1) is 10.0. The fourth-order valence-corrected chi connectivity index (χ4v) is 2.50. The molecule has 0 spiro atoms. The van der Waals surface area contributed by atoms with Crippen molar-refractivity contribution in [3.63, 3.8) is 0 Å². The normalized spacial score (nSPS) is 17.3. The van der Waals surface area contributed by atoms with Gasteiger partial charge in [-0.25, -0.2) is 0 Å². The van der Waals surface area contributed by atoms with Gasteiger partial charge >= 0.3 is 0 Å². The minimum Gasteiger partial charge on any atom is -0.462 e. The summed E-state index contributed by atoms with van der Waals surface area (Å²) >= 11 is 0. The van der Waals surface area contributed by atoms with E-state index >= 15 is 0 Å². The van der Waals surface area contributed by atoms with Gasteiger partial charge in [-0.15, -0.1) is 0 Å². The molecule has 21 heavy (non-hydrogen) atoms. The number of ether oxygens (including phenoxy) is 1. The Morgan fingerprint density at radius 2 is 1.86 bits per heavy atom. The molecule has 0 aromatic carbocycles. The molecule has 1 N–H and O–H groups in total. The molecule has 0 amide bonds. The number of nitrogens with zero attached hydrogens (tertiary/aromatic N) is 1. The zero-order chi connectivity index (χ0) is 15.1. The van der Waals surface area contributed by atoms with Gasteiger partial charge in [0.05, 0.1) is 13.2 Å². The minimum absolute atomic E-state index is 0.109. The number of rotatable bonds is 7. The van der Waals surface area contributed by atoms with E-state index in [2.05, 4.69) is 31.0 Å². The third-order valence-electron chi connectivity index (χ3n) is 3.76. The quantitative estimate of drug-likeness (QED) is 0.784. The van der Waals surface area contributed by atoms with Crippen LogP contribution < -0.4 is 5.32 Å². The average Bonchev–Trinajstić information content (AvgIpc) is 2.90. The van der Waals surface area contributed by atoms with Crippen molar-refractivity contribution in [2.45, 2.75) is 58.7 Å². The van der Waals surface area contributed by atoms with Crippen molar-refractivity contribution in [3.05, 3.63) is 23.7 Å². The molecule has 0 bridgehead atoms. The van der Waals surface area contributed by atoms with Gasteiger partial charge in [-0.2, -0.15) is 0 Å². The van der Waals surface area contributed by atoms with Crippen LogP contribution in [0.1, 0.15) is 51.6 Å². The Morgan fingerprint density at radius 3 is 2.57 bits per heavy atom. The number of piperidine rings is 1. The van der Waals surface area contributed by atoms with E-state index < -0.39 is 0 Å². The van der Waals surface area contributed by atoms with E-state index in [0.717, 1.165) is 31.2 Å². The van der Waals surface area contributed by atoms with Crippen molar-refractivity contribution < 1.29 is 9.15 Å². The van der Waals surface area contributed by atoms with Crippen LogP contribution in [0.15, 0.2) is 16.5 Å². The zero-order valence-electron chi connectivity index (χ0n) is 13.8. The van der Waals surface area contributed by atoms with E-state index in [1.807, 2.05) is 12.1 Å². The minimum atomic E-state index is 0.109. The summed E-state index contributed by atoms with van der Waals surface area (Å²) in [6.45, 7) is 12.1. The smallest absolute Gasteiger partial charge is 0.129 e. The van der Waals surface area contributed by atoms with Crippen LogP contribution in [0.25, 0.3) is 0 Å². The van der Waals surface area contributed by atoms with Gasteiger partial charge in [-0.05, 0) is 58.8 Å². The van der Waals surface area contributed by atoms with Gasteiger partial charge in [-0.3, -0.25) is 0 Å². The number of hydrogen-bond donors (Lipinski definition) is 1. The summed E-state index contributed by atoms with van der Waals surface area (Å²) in [6.07, 6.45) is 4.06. The van der Waals surface area contributed by atoms with Crippen molar-refractivity contribution in [1.29, 1.82) is 0 Å². The van der Waals surface area contributed by atoms with Crippen molar-refractivity contribution in [2.24, 2.45) is 0 Å². The zero-order valence-corrected chi connectivity index (χ0v) is 13.8. The molecule has 120 valence electrons. The van der Waals surface area contributed by atoms with Gasteiger partial charge in [0.15, 0.2) is 0 Å². The van der Waals surface area contributed by atoms with Crippen molar-refractivity contribution in [2.75, 3.05) is 26.2 Å². The van der Waals surface area contributed by atoms with Gasteiger partial charge in [-0.1, -0.05) is 6.42 Å². The second-order valence-corrected chi connectivity index (χ2v) is 6.93. The lowest BCUT2D eigenvalue weighted by Gasteiger charge is -2.25. The van der Waals surface area contributed by atoms with Crippen LogP contribution in [0, 0.1) is 0 Å². The molecule has 1 aromatic rings. The van der Waals surface area contributed by atoms with Crippen molar-refractivity contribution in [1.82, 2.24) is 10.2 Å². The number of nitrogens with one attached hydrogen (secondary N) is 1. The van der Waals surface area contributed by atoms with Crippen molar-refractivity contribution in [3.8, 4) is 0 Å². The SMILES string of the molecule is CC(C)(C)NCc1ccc(COCCN2CCCCC2)o1. The largest absolute Gasteiger partial charge is 0.462 e. The predicted octanol–water partition coefficient (Wildman–Crippen LogP) is 3.17. The summed E-state index contributed by atoms with van der Waals surface area (Å²) < 4.78 is 11.5. The van der Waals surface area contributed by atoms with E-state index in [4.69, 9.17) is 9.15 Å². The molecular weight excluding hydrogens is 264 g/mol. The van der Waals surface area contributed by atoms with E-state index in [9.17, 15) is 0 Å². The number of furan rings is 1. The first-order valence-electron chi connectivity index (χ1n) is 8.16. The van der Waals surface area contributed by atoms with Crippen LogP contribution in [0.5, 0.6) is 0 Å². The predicted molar refractivity (Wildman–Crippen MR) is 85.2 cm³/mol. The highest BCUT2D eigenvalue weighted by Gasteiger charge is 2.11. The molecule has 0 atom stereocenters. The summed E-state index contributed by atoms with van der Waals surface area (Å²) in [4.78, 5) is 2.49. The third kappa shape index (κ3) is 6.64. The van der Waals surface area contributed by atoms with Crippen LogP contribution in [0.3, 0.4) is 0 Å². The summed E-state index contributed by atoms with van der Waals surface area (Å²) in [7, 11) is 0. The highest BCUT2D eigenvalue weighted by atomic mass is 16.5. The maximum Gasteiger partial charge on any atom is 0.129 e. The fourth-order valence-electron chi connectivity index (χ4n) is 2.50. The molecule has 4 nitrogen and oxygen atoms in total. The number of hydrogen-bond acceptors (Lipinski definition) is 4. The Morgan fingerprint density at radius 1 is 1.14 bits per heavy atom. The van der Waals surface area contributed by atoms with E-state index in [1.54, 1.807) is 0 Å². The lowest BCUT2D eigenvalue weighted by molar-refractivity contribution is 0.0758. The van der Waals surface area contributed by atoms with E-state index in [1.165, 1.54) is 32.4 Å². The molecular formula is C17H30N2O2. The Hall–Kier alpha value is -0.840. The molecule has 0 saturated carbocycles. The van der Waals surface area contributed by atoms with Crippen LogP contribution in [-0.4, -0.2) is 36.7 Å². The fraction of sp³-hybridized carbons (Fsp3) is 0.765. The number of likely N-dealkylation sites (tertiary alicyclic amines) is 1.